The number of aryl methyl sites for hydroxylation is 2. The highest BCUT2D eigenvalue weighted by Gasteiger charge is 2.16. The molecular weight excluding hydrogens is 384 g/mol. The number of aromatic nitrogens is 3. The fourth-order valence-corrected chi connectivity index (χ4v) is 3.54. The molecule has 140 valence electrons. The molecule has 0 atom stereocenters. The maximum Gasteiger partial charge on any atom is 0.234 e. The molecule has 0 unspecified atom stereocenters. The average molecular weight is 403 g/mol. The number of carbonyl (C=O) groups excluding carboxylic acids is 1. The summed E-state index contributed by atoms with van der Waals surface area (Å²) in [5, 5.41) is 12.4. The Labute approximate surface area is 166 Å². The summed E-state index contributed by atoms with van der Waals surface area (Å²) >= 11 is 7.31. The number of methoxy groups -OCH3 is 1. The number of benzene rings is 2. The molecule has 0 spiro atoms. The number of nitrogens with zero attached hydrogens (tertiary/aromatic N) is 3. The Morgan fingerprint density at radius 2 is 2.00 bits per heavy atom. The van der Waals surface area contributed by atoms with Crippen molar-refractivity contribution in [1.82, 2.24) is 14.8 Å². The Bertz CT molecular complexity index is 974. The molecular formula is C19H19ClN4O2S. The quantitative estimate of drug-likeness (QED) is 0.623. The van der Waals surface area contributed by atoms with E-state index < -0.39 is 0 Å². The van der Waals surface area contributed by atoms with E-state index in [2.05, 4.69) is 15.5 Å². The number of amides is 1. The minimum Gasteiger partial charge on any atom is -0.495 e. The van der Waals surface area contributed by atoms with E-state index in [9.17, 15) is 4.79 Å². The van der Waals surface area contributed by atoms with Crippen LogP contribution in [0.25, 0.3) is 5.69 Å². The topological polar surface area (TPSA) is 69.0 Å². The number of ether oxygens (including phenoxy) is 1. The van der Waals surface area contributed by atoms with Crippen LogP contribution in [0.15, 0.2) is 47.6 Å². The van der Waals surface area contributed by atoms with Gasteiger partial charge in [0.2, 0.25) is 5.91 Å². The lowest BCUT2D eigenvalue weighted by Crippen LogP contribution is -2.15. The third kappa shape index (κ3) is 4.43. The van der Waals surface area contributed by atoms with E-state index >= 15 is 0 Å². The van der Waals surface area contributed by atoms with Crippen LogP contribution in [0.5, 0.6) is 5.75 Å². The summed E-state index contributed by atoms with van der Waals surface area (Å²) in [5.41, 5.74) is 2.48. The number of halogens is 1. The second kappa shape index (κ2) is 8.45. The van der Waals surface area contributed by atoms with Crippen molar-refractivity contribution in [3.05, 3.63) is 58.9 Å². The molecule has 1 amide bonds. The first-order chi connectivity index (χ1) is 13.0. The summed E-state index contributed by atoms with van der Waals surface area (Å²) in [6.07, 6.45) is 0. The van der Waals surface area contributed by atoms with E-state index in [1.807, 2.05) is 48.7 Å². The molecule has 0 saturated carbocycles. The number of para-hydroxylation sites is 2. The van der Waals surface area contributed by atoms with Crippen molar-refractivity contribution in [1.29, 1.82) is 0 Å². The van der Waals surface area contributed by atoms with E-state index in [0.29, 0.717) is 27.4 Å². The number of thioether (sulfide) groups is 1. The molecule has 1 heterocycles. The molecule has 8 heteroatoms. The third-order valence-electron chi connectivity index (χ3n) is 3.93. The van der Waals surface area contributed by atoms with Gasteiger partial charge in [-0.25, -0.2) is 0 Å². The summed E-state index contributed by atoms with van der Waals surface area (Å²) in [5.74, 6) is 1.48. The zero-order valence-corrected chi connectivity index (χ0v) is 16.8. The zero-order valence-electron chi connectivity index (χ0n) is 15.2. The normalized spacial score (nSPS) is 10.7. The second-order valence-electron chi connectivity index (χ2n) is 5.83. The number of hydrogen-bond donors (Lipinski definition) is 1. The highest BCUT2D eigenvalue weighted by atomic mass is 35.5. The first-order valence-electron chi connectivity index (χ1n) is 8.24. The SMILES string of the molecule is COc1ccccc1-n1c(C)nnc1SCC(=O)Nc1cc(Cl)ccc1C. The van der Waals surface area contributed by atoms with E-state index in [4.69, 9.17) is 16.3 Å². The van der Waals surface area contributed by atoms with Crippen molar-refractivity contribution in [2.24, 2.45) is 0 Å². The van der Waals surface area contributed by atoms with Crippen molar-refractivity contribution in [2.75, 3.05) is 18.2 Å². The minimum absolute atomic E-state index is 0.141. The van der Waals surface area contributed by atoms with Crippen LogP contribution in [0.1, 0.15) is 11.4 Å². The lowest BCUT2D eigenvalue weighted by molar-refractivity contribution is -0.113. The van der Waals surface area contributed by atoms with Gasteiger partial charge < -0.3 is 10.1 Å². The summed E-state index contributed by atoms with van der Waals surface area (Å²) in [6.45, 7) is 3.78. The average Bonchev–Trinajstić information content (AvgIpc) is 3.03. The Balaban J connectivity index is 1.76. The van der Waals surface area contributed by atoms with Gasteiger partial charge in [-0.3, -0.25) is 9.36 Å². The molecule has 2 aromatic carbocycles. The Morgan fingerprint density at radius 1 is 1.22 bits per heavy atom. The number of hydrogen-bond acceptors (Lipinski definition) is 5. The zero-order chi connectivity index (χ0) is 19.4. The lowest BCUT2D eigenvalue weighted by atomic mass is 10.2. The van der Waals surface area contributed by atoms with Gasteiger partial charge in [0.05, 0.1) is 18.6 Å². The van der Waals surface area contributed by atoms with Gasteiger partial charge in [0.1, 0.15) is 11.6 Å². The Kier molecular flexibility index (Phi) is 6.03. The van der Waals surface area contributed by atoms with Crippen LogP contribution >= 0.6 is 23.4 Å². The van der Waals surface area contributed by atoms with Crippen LogP contribution < -0.4 is 10.1 Å². The molecule has 27 heavy (non-hydrogen) atoms. The van der Waals surface area contributed by atoms with Gasteiger partial charge >= 0.3 is 0 Å². The second-order valence-corrected chi connectivity index (χ2v) is 7.21. The fraction of sp³-hybridized carbons (Fsp3) is 0.211. The first kappa shape index (κ1) is 19.3. The van der Waals surface area contributed by atoms with Crippen LogP contribution in [-0.4, -0.2) is 33.5 Å². The van der Waals surface area contributed by atoms with Gasteiger partial charge in [-0.15, -0.1) is 10.2 Å². The van der Waals surface area contributed by atoms with Crippen LogP contribution in [0.2, 0.25) is 5.02 Å². The smallest absolute Gasteiger partial charge is 0.234 e. The van der Waals surface area contributed by atoms with Crippen molar-refractivity contribution >= 4 is 35.0 Å². The molecule has 0 radical (unpaired) electrons. The highest BCUT2D eigenvalue weighted by molar-refractivity contribution is 7.99. The molecule has 6 nitrogen and oxygen atoms in total. The molecule has 0 bridgehead atoms. The van der Waals surface area contributed by atoms with Crippen molar-refractivity contribution in [3.63, 3.8) is 0 Å². The molecule has 1 aromatic heterocycles. The molecule has 0 fully saturated rings. The molecule has 1 N–H and O–H groups in total. The molecule has 0 saturated heterocycles. The Hall–Kier alpha value is -2.51. The predicted octanol–water partition coefficient (Wildman–Crippen LogP) is 4.28. The molecule has 3 aromatic rings. The van der Waals surface area contributed by atoms with Crippen LogP contribution in [0, 0.1) is 13.8 Å². The van der Waals surface area contributed by atoms with Gasteiger partial charge in [0, 0.05) is 10.7 Å². The number of rotatable bonds is 6. The maximum atomic E-state index is 12.4. The summed E-state index contributed by atoms with van der Waals surface area (Å²) in [4.78, 5) is 12.4. The van der Waals surface area contributed by atoms with E-state index in [1.54, 1.807) is 19.2 Å². The molecule has 3 rings (SSSR count). The van der Waals surface area contributed by atoms with Gasteiger partial charge in [-0.2, -0.15) is 0 Å². The summed E-state index contributed by atoms with van der Waals surface area (Å²) < 4.78 is 7.31. The molecule has 0 aliphatic carbocycles. The molecule has 0 aliphatic rings. The van der Waals surface area contributed by atoms with E-state index in [1.165, 1.54) is 11.8 Å². The summed E-state index contributed by atoms with van der Waals surface area (Å²) in [7, 11) is 1.62. The highest BCUT2D eigenvalue weighted by Crippen LogP contribution is 2.28. The third-order valence-corrected chi connectivity index (χ3v) is 5.09. The summed E-state index contributed by atoms with van der Waals surface area (Å²) in [6, 6.07) is 13.0. The lowest BCUT2D eigenvalue weighted by Gasteiger charge is -2.12. The van der Waals surface area contributed by atoms with Crippen molar-refractivity contribution in [3.8, 4) is 11.4 Å². The van der Waals surface area contributed by atoms with Gasteiger partial charge in [0.25, 0.3) is 0 Å². The van der Waals surface area contributed by atoms with Crippen LogP contribution in [0.3, 0.4) is 0 Å². The minimum atomic E-state index is -0.141. The maximum absolute atomic E-state index is 12.4. The predicted molar refractivity (Wildman–Crippen MR) is 108 cm³/mol. The standard InChI is InChI=1S/C19H19ClN4O2S/c1-12-8-9-14(20)10-15(12)21-18(25)11-27-19-23-22-13(2)24(19)16-6-4-5-7-17(16)26-3/h4-10H,11H2,1-3H3,(H,21,25). The van der Waals surface area contributed by atoms with Gasteiger partial charge in [-0.1, -0.05) is 41.6 Å². The fourth-order valence-electron chi connectivity index (χ4n) is 2.57. The van der Waals surface area contributed by atoms with Gasteiger partial charge in [0.15, 0.2) is 5.16 Å². The van der Waals surface area contributed by atoms with Crippen LogP contribution in [0.4, 0.5) is 5.69 Å². The number of nitrogens with one attached hydrogen (secondary N) is 1. The van der Waals surface area contributed by atoms with Crippen molar-refractivity contribution < 1.29 is 9.53 Å². The molecule has 0 aliphatic heterocycles. The van der Waals surface area contributed by atoms with Crippen LogP contribution in [-0.2, 0) is 4.79 Å². The Morgan fingerprint density at radius 3 is 2.78 bits per heavy atom. The van der Waals surface area contributed by atoms with Crippen molar-refractivity contribution in [2.45, 2.75) is 19.0 Å². The first-order valence-corrected chi connectivity index (χ1v) is 9.60. The van der Waals surface area contributed by atoms with Gasteiger partial charge in [-0.05, 0) is 43.7 Å². The number of anilines is 1. The van der Waals surface area contributed by atoms with E-state index in [0.717, 1.165) is 11.3 Å². The van der Waals surface area contributed by atoms with E-state index in [-0.39, 0.29) is 11.7 Å². The largest absolute Gasteiger partial charge is 0.495 e. The monoisotopic (exact) mass is 402 g/mol. The number of carbonyl (C=O) groups is 1.